The van der Waals surface area contributed by atoms with Crippen LogP contribution < -0.4 is 4.74 Å². The van der Waals surface area contributed by atoms with Crippen molar-refractivity contribution in [1.82, 2.24) is 24.6 Å². The summed E-state index contributed by atoms with van der Waals surface area (Å²) in [4.78, 5) is 17.3. The van der Waals surface area contributed by atoms with Crippen LogP contribution in [0.1, 0.15) is 26.7 Å². The Morgan fingerprint density at radius 1 is 1.16 bits per heavy atom. The van der Waals surface area contributed by atoms with Crippen molar-refractivity contribution >= 4 is 17.7 Å². The van der Waals surface area contributed by atoms with Gasteiger partial charge in [0.1, 0.15) is 12.1 Å². The van der Waals surface area contributed by atoms with Gasteiger partial charge in [0.05, 0.1) is 25.1 Å². The van der Waals surface area contributed by atoms with Gasteiger partial charge in [-0.25, -0.2) is 0 Å². The summed E-state index contributed by atoms with van der Waals surface area (Å²) in [5, 5.41) is 8.95. The molecule has 2 aliphatic heterocycles. The Hall–Kier alpha value is -2.10. The first kappa shape index (κ1) is 23.1. The molecule has 4 rings (SSSR count). The monoisotopic (exact) mass is 459 g/mol. The van der Waals surface area contributed by atoms with Crippen LogP contribution in [0.5, 0.6) is 5.75 Å². The summed E-state index contributed by atoms with van der Waals surface area (Å²) in [6, 6.07) is 7.71. The molecule has 2 fully saturated rings. The number of rotatable bonds is 7. The summed E-state index contributed by atoms with van der Waals surface area (Å²) >= 11 is 1.43. The van der Waals surface area contributed by atoms with Crippen LogP contribution in [-0.4, -0.2) is 88.3 Å². The number of hydrogen-bond acceptors (Lipinski definition) is 7. The Morgan fingerprint density at radius 3 is 2.50 bits per heavy atom. The third-order valence-corrected chi connectivity index (χ3v) is 7.10. The first-order valence-corrected chi connectivity index (χ1v) is 12.3. The molecule has 0 unspecified atom stereocenters. The van der Waals surface area contributed by atoms with Gasteiger partial charge < -0.3 is 14.4 Å². The molecule has 8 nitrogen and oxygen atoms in total. The minimum atomic E-state index is 0.173. The average molecular weight is 460 g/mol. The minimum absolute atomic E-state index is 0.173. The number of benzene rings is 1. The van der Waals surface area contributed by atoms with E-state index in [9.17, 15) is 4.79 Å². The second kappa shape index (κ2) is 10.7. The standard InChI is InChI=1S/C23H33N5O3S/c1-17-12-26(13-18(2)31-17)14-19-8-10-27(11-9-19)22(29)15-32-23-25-24-16-28(23)20-4-6-21(30-3)7-5-20/h4-7,16-19H,8-15H2,1-3H3/t17-,18-/m0/s1. The summed E-state index contributed by atoms with van der Waals surface area (Å²) in [7, 11) is 1.65. The van der Waals surface area contributed by atoms with Gasteiger partial charge in [-0.3, -0.25) is 14.3 Å². The summed E-state index contributed by atoms with van der Waals surface area (Å²) in [5.41, 5.74) is 0.943. The molecule has 1 aromatic heterocycles. The van der Waals surface area contributed by atoms with E-state index < -0.39 is 0 Å². The second-order valence-electron chi connectivity index (χ2n) is 8.77. The number of hydrogen-bond donors (Lipinski definition) is 0. The topological polar surface area (TPSA) is 72.7 Å². The molecule has 2 aliphatic rings. The molecule has 0 saturated carbocycles. The molecule has 0 spiro atoms. The Morgan fingerprint density at radius 2 is 1.84 bits per heavy atom. The quantitative estimate of drug-likeness (QED) is 0.590. The summed E-state index contributed by atoms with van der Waals surface area (Å²) in [6.45, 7) is 9.10. The Labute approximate surface area is 194 Å². The van der Waals surface area contributed by atoms with Crippen molar-refractivity contribution in [2.45, 2.75) is 44.1 Å². The fourth-order valence-corrected chi connectivity index (χ4v) is 5.46. The lowest BCUT2D eigenvalue weighted by Gasteiger charge is -2.39. The number of aromatic nitrogens is 3. The van der Waals surface area contributed by atoms with Gasteiger partial charge in [0, 0.05) is 38.4 Å². The number of amides is 1. The van der Waals surface area contributed by atoms with Crippen molar-refractivity contribution < 1.29 is 14.3 Å². The lowest BCUT2D eigenvalue weighted by atomic mass is 9.95. The minimum Gasteiger partial charge on any atom is -0.497 e. The van der Waals surface area contributed by atoms with Crippen LogP contribution in [0.4, 0.5) is 0 Å². The molecular formula is C23H33N5O3S. The highest BCUT2D eigenvalue weighted by Crippen LogP contribution is 2.24. The maximum Gasteiger partial charge on any atom is 0.233 e. The second-order valence-corrected chi connectivity index (χ2v) is 9.71. The van der Waals surface area contributed by atoms with Gasteiger partial charge in [-0.15, -0.1) is 10.2 Å². The van der Waals surface area contributed by atoms with E-state index in [4.69, 9.17) is 9.47 Å². The Balaban J connectivity index is 1.24. The zero-order chi connectivity index (χ0) is 22.5. The summed E-state index contributed by atoms with van der Waals surface area (Å²) in [5.74, 6) is 2.00. The third-order valence-electron chi connectivity index (χ3n) is 6.17. The first-order valence-electron chi connectivity index (χ1n) is 11.3. The van der Waals surface area contributed by atoms with Gasteiger partial charge in [-0.1, -0.05) is 11.8 Å². The fraction of sp³-hybridized carbons (Fsp3) is 0.609. The van der Waals surface area contributed by atoms with Crippen LogP contribution in [0.25, 0.3) is 5.69 Å². The van der Waals surface area contributed by atoms with Gasteiger partial charge in [0.2, 0.25) is 5.91 Å². The van der Waals surface area contributed by atoms with Crippen molar-refractivity contribution in [3.8, 4) is 11.4 Å². The molecule has 0 N–H and O–H groups in total. The Bertz CT molecular complexity index is 872. The molecule has 9 heteroatoms. The molecule has 0 radical (unpaired) electrons. The number of nitrogens with zero attached hydrogens (tertiary/aromatic N) is 5. The van der Waals surface area contributed by atoms with Gasteiger partial charge in [-0.2, -0.15) is 0 Å². The molecule has 174 valence electrons. The number of carbonyl (C=O) groups excluding carboxylic acids is 1. The number of piperidine rings is 1. The molecule has 1 aromatic carbocycles. The fourth-order valence-electron chi connectivity index (χ4n) is 4.62. The summed E-state index contributed by atoms with van der Waals surface area (Å²) in [6.07, 6.45) is 4.42. The van der Waals surface area contributed by atoms with Gasteiger partial charge >= 0.3 is 0 Å². The smallest absolute Gasteiger partial charge is 0.233 e. The van der Waals surface area contributed by atoms with Crippen molar-refractivity contribution in [2.24, 2.45) is 5.92 Å². The van der Waals surface area contributed by atoms with Crippen molar-refractivity contribution in [3.05, 3.63) is 30.6 Å². The highest BCUT2D eigenvalue weighted by Gasteiger charge is 2.28. The predicted molar refractivity (Wildman–Crippen MR) is 124 cm³/mol. The average Bonchev–Trinajstić information content (AvgIpc) is 3.26. The largest absolute Gasteiger partial charge is 0.497 e. The zero-order valence-electron chi connectivity index (χ0n) is 19.1. The lowest BCUT2D eigenvalue weighted by Crippen LogP contribution is -2.48. The molecule has 1 amide bonds. The van der Waals surface area contributed by atoms with E-state index in [1.165, 1.54) is 11.8 Å². The number of likely N-dealkylation sites (tertiary alicyclic amines) is 1. The van der Waals surface area contributed by atoms with Crippen LogP contribution in [0.3, 0.4) is 0 Å². The number of ether oxygens (including phenoxy) is 2. The predicted octanol–water partition coefficient (Wildman–Crippen LogP) is 2.72. The van der Waals surface area contributed by atoms with Crippen LogP contribution in [-0.2, 0) is 9.53 Å². The van der Waals surface area contributed by atoms with E-state index in [-0.39, 0.29) is 5.91 Å². The molecular weight excluding hydrogens is 426 g/mol. The number of methoxy groups -OCH3 is 1. The number of thioether (sulfide) groups is 1. The lowest BCUT2D eigenvalue weighted by molar-refractivity contribution is -0.130. The van der Waals surface area contributed by atoms with Gasteiger partial charge in [-0.05, 0) is 56.9 Å². The first-order chi connectivity index (χ1) is 15.5. The van der Waals surface area contributed by atoms with E-state index in [1.807, 2.05) is 33.7 Å². The third kappa shape index (κ3) is 5.82. The van der Waals surface area contributed by atoms with E-state index in [2.05, 4.69) is 28.9 Å². The maximum atomic E-state index is 12.8. The van der Waals surface area contributed by atoms with E-state index >= 15 is 0 Å². The van der Waals surface area contributed by atoms with Crippen molar-refractivity contribution in [3.63, 3.8) is 0 Å². The number of carbonyl (C=O) groups is 1. The van der Waals surface area contributed by atoms with Crippen LogP contribution in [0.15, 0.2) is 35.7 Å². The summed E-state index contributed by atoms with van der Waals surface area (Å²) < 4.78 is 13.0. The molecule has 3 heterocycles. The molecule has 2 atom stereocenters. The van der Waals surface area contributed by atoms with Crippen LogP contribution in [0, 0.1) is 5.92 Å². The highest BCUT2D eigenvalue weighted by atomic mass is 32.2. The van der Waals surface area contributed by atoms with Crippen molar-refractivity contribution in [2.75, 3.05) is 45.6 Å². The molecule has 0 bridgehead atoms. The normalized spacial score (nSPS) is 22.8. The molecule has 2 saturated heterocycles. The molecule has 2 aromatic rings. The molecule has 32 heavy (non-hydrogen) atoms. The highest BCUT2D eigenvalue weighted by molar-refractivity contribution is 7.99. The van der Waals surface area contributed by atoms with Gasteiger partial charge in [0.25, 0.3) is 0 Å². The van der Waals surface area contributed by atoms with Crippen molar-refractivity contribution in [1.29, 1.82) is 0 Å². The van der Waals surface area contributed by atoms with Crippen LogP contribution in [0.2, 0.25) is 0 Å². The maximum absolute atomic E-state index is 12.8. The number of morpholine rings is 1. The van der Waals surface area contributed by atoms with Gasteiger partial charge in [0.15, 0.2) is 5.16 Å². The molecule has 0 aliphatic carbocycles. The zero-order valence-corrected chi connectivity index (χ0v) is 20.0. The van der Waals surface area contributed by atoms with E-state index in [0.717, 1.165) is 57.0 Å². The Kier molecular flexibility index (Phi) is 7.70. The van der Waals surface area contributed by atoms with E-state index in [0.29, 0.717) is 29.0 Å². The van der Waals surface area contributed by atoms with Crippen LogP contribution >= 0.6 is 11.8 Å². The SMILES string of the molecule is COc1ccc(-n2cnnc2SCC(=O)N2CCC(CN3C[C@H](C)O[C@@H](C)C3)CC2)cc1. The van der Waals surface area contributed by atoms with E-state index in [1.54, 1.807) is 13.4 Å².